The van der Waals surface area contributed by atoms with Crippen LogP contribution in [0, 0.1) is 0 Å². The van der Waals surface area contributed by atoms with Crippen LogP contribution in [0.3, 0.4) is 0 Å². The lowest BCUT2D eigenvalue weighted by Gasteiger charge is -2.32. The zero-order valence-corrected chi connectivity index (χ0v) is 21.3. The molecule has 0 fully saturated rings. The van der Waals surface area contributed by atoms with E-state index in [1.54, 1.807) is 0 Å². The molecule has 0 aliphatic carbocycles. The monoisotopic (exact) mass is 464 g/mol. The zero-order chi connectivity index (χ0) is 24.9. The maximum atomic E-state index is 12.5. The first-order valence-corrected chi connectivity index (χ1v) is 12.9. The fourth-order valence-electron chi connectivity index (χ4n) is 4.99. The van der Waals surface area contributed by atoms with Crippen molar-refractivity contribution < 1.29 is 15.0 Å². The van der Waals surface area contributed by atoms with Crippen LogP contribution in [-0.4, -0.2) is 29.2 Å². The fourth-order valence-corrected chi connectivity index (χ4v) is 4.99. The number of rotatable bonds is 17. The second-order valence-electron chi connectivity index (χ2n) is 10.2. The Kier molecular flexibility index (Phi) is 11.7. The van der Waals surface area contributed by atoms with Crippen molar-refractivity contribution >= 4 is 5.78 Å². The van der Waals surface area contributed by atoms with Crippen LogP contribution in [-0.2, 0) is 15.6 Å². The van der Waals surface area contributed by atoms with Gasteiger partial charge in [0.25, 0.3) is 0 Å². The number of aliphatic hydroxyl groups excluding tert-OH is 2. The molecule has 2 aromatic rings. The minimum atomic E-state index is -0.268. The molecule has 0 saturated heterocycles. The Hall–Kier alpha value is -2.23. The van der Waals surface area contributed by atoms with Gasteiger partial charge in [-0.2, -0.15) is 0 Å². The lowest BCUT2D eigenvalue weighted by molar-refractivity contribution is -0.119. The highest BCUT2D eigenvalue weighted by atomic mass is 16.3. The van der Waals surface area contributed by atoms with Gasteiger partial charge in [-0.1, -0.05) is 93.9 Å². The molecule has 2 N–H and O–H groups in total. The Morgan fingerprint density at radius 3 is 1.76 bits per heavy atom. The van der Waals surface area contributed by atoms with Crippen molar-refractivity contribution in [3.8, 4) is 0 Å². The van der Waals surface area contributed by atoms with E-state index in [4.69, 9.17) is 0 Å². The number of ketones is 1. The van der Waals surface area contributed by atoms with Crippen molar-refractivity contribution in [3.05, 3.63) is 83.9 Å². The summed E-state index contributed by atoms with van der Waals surface area (Å²) in [5.74, 6) is 0.346. The Bertz CT molecular complexity index is 861. The SMILES string of the molecule is C=C(CO)C(C)(CCCCC(=O)CCCCC(C)(CCCO)c1ccccc1)c1ccccc1. The van der Waals surface area contributed by atoms with Crippen molar-refractivity contribution in [3.63, 3.8) is 0 Å². The molecule has 3 heteroatoms. The maximum Gasteiger partial charge on any atom is 0.132 e. The average molecular weight is 465 g/mol. The highest BCUT2D eigenvalue weighted by molar-refractivity contribution is 5.78. The van der Waals surface area contributed by atoms with Gasteiger partial charge in [0.1, 0.15) is 5.78 Å². The van der Waals surface area contributed by atoms with Gasteiger partial charge in [0.2, 0.25) is 0 Å². The van der Waals surface area contributed by atoms with E-state index >= 15 is 0 Å². The van der Waals surface area contributed by atoms with Crippen molar-refractivity contribution in [2.45, 2.75) is 88.9 Å². The van der Waals surface area contributed by atoms with Crippen LogP contribution in [0.1, 0.15) is 89.2 Å². The number of hydrogen-bond donors (Lipinski definition) is 2. The third-order valence-electron chi connectivity index (χ3n) is 7.56. The van der Waals surface area contributed by atoms with Crippen molar-refractivity contribution in [2.75, 3.05) is 13.2 Å². The van der Waals surface area contributed by atoms with Gasteiger partial charge < -0.3 is 10.2 Å². The predicted molar refractivity (Wildman–Crippen MR) is 142 cm³/mol. The van der Waals surface area contributed by atoms with E-state index < -0.39 is 0 Å². The first-order valence-electron chi connectivity index (χ1n) is 12.9. The smallest absolute Gasteiger partial charge is 0.132 e. The van der Waals surface area contributed by atoms with Crippen molar-refractivity contribution in [2.24, 2.45) is 0 Å². The lowest BCUT2D eigenvalue weighted by atomic mass is 9.73. The number of carbonyl (C=O) groups excluding carboxylic acids is 1. The number of hydrogen-bond acceptors (Lipinski definition) is 3. The van der Waals surface area contributed by atoms with Gasteiger partial charge in [-0.15, -0.1) is 0 Å². The lowest BCUT2D eigenvalue weighted by Crippen LogP contribution is -2.26. The molecule has 2 atom stereocenters. The third kappa shape index (κ3) is 8.21. The Labute approximate surface area is 206 Å². The molecule has 0 aliphatic heterocycles. The quantitative estimate of drug-likeness (QED) is 0.197. The molecule has 0 spiro atoms. The molecular weight excluding hydrogens is 420 g/mol. The second-order valence-corrected chi connectivity index (χ2v) is 10.2. The first kappa shape index (κ1) is 28.0. The highest BCUT2D eigenvalue weighted by Gasteiger charge is 2.29. The largest absolute Gasteiger partial charge is 0.396 e. The second kappa shape index (κ2) is 14.2. The van der Waals surface area contributed by atoms with E-state index in [1.165, 1.54) is 11.1 Å². The van der Waals surface area contributed by atoms with Crippen LogP contribution in [0.4, 0.5) is 0 Å². The summed E-state index contributed by atoms with van der Waals surface area (Å²) in [5.41, 5.74) is 3.09. The predicted octanol–water partition coefficient (Wildman–Crippen LogP) is 6.91. The molecule has 0 aliphatic rings. The number of Topliss-reactive ketones (excluding diaryl/α,β-unsaturated/α-hetero) is 1. The molecule has 0 amide bonds. The van der Waals surface area contributed by atoms with Gasteiger partial charge in [-0.05, 0) is 60.6 Å². The summed E-state index contributed by atoms with van der Waals surface area (Å²) < 4.78 is 0. The van der Waals surface area contributed by atoms with Crippen LogP contribution in [0.2, 0.25) is 0 Å². The molecule has 186 valence electrons. The summed E-state index contributed by atoms with van der Waals surface area (Å²) in [6.45, 7) is 8.73. The molecule has 0 saturated carbocycles. The van der Waals surface area contributed by atoms with Crippen molar-refractivity contribution in [1.82, 2.24) is 0 Å². The number of unbranched alkanes of at least 4 members (excludes halogenated alkanes) is 2. The zero-order valence-electron chi connectivity index (χ0n) is 21.3. The van der Waals surface area contributed by atoms with E-state index in [-0.39, 0.29) is 24.0 Å². The van der Waals surface area contributed by atoms with Gasteiger partial charge in [0.15, 0.2) is 0 Å². The number of aliphatic hydroxyl groups is 2. The first-order chi connectivity index (χ1) is 16.4. The third-order valence-corrected chi connectivity index (χ3v) is 7.56. The van der Waals surface area contributed by atoms with E-state index in [0.717, 1.165) is 56.9 Å². The van der Waals surface area contributed by atoms with Crippen LogP contribution < -0.4 is 0 Å². The molecule has 0 heterocycles. The summed E-state index contributed by atoms with van der Waals surface area (Å²) in [6, 6.07) is 20.8. The Morgan fingerprint density at radius 2 is 1.24 bits per heavy atom. The standard InChI is InChI=1S/C31H44O3/c1-26(25-33)31(3,28-17-8-5-9-18-28)23-13-11-20-29(34)19-10-12-21-30(2,22-14-24-32)27-15-6-4-7-16-27/h4-9,15-18,32-33H,1,10-14,19-25H2,2-3H3. The molecule has 0 radical (unpaired) electrons. The topological polar surface area (TPSA) is 57.5 Å². The molecule has 3 nitrogen and oxygen atoms in total. The summed E-state index contributed by atoms with van der Waals surface area (Å²) in [4.78, 5) is 12.5. The minimum absolute atomic E-state index is 0.0233. The summed E-state index contributed by atoms with van der Waals surface area (Å²) >= 11 is 0. The van der Waals surface area contributed by atoms with E-state index in [2.05, 4.69) is 56.8 Å². The molecule has 2 aromatic carbocycles. The number of carbonyl (C=O) groups is 1. The molecule has 2 rings (SSSR count). The van der Waals surface area contributed by atoms with Gasteiger partial charge in [0.05, 0.1) is 6.61 Å². The Morgan fingerprint density at radius 1 is 0.735 bits per heavy atom. The normalized spacial score (nSPS) is 14.8. The maximum absolute atomic E-state index is 12.5. The summed E-state index contributed by atoms with van der Waals surface area (Å²) in [7, 11) is 0. The van der Waals surface area contributed by atoms with Gasteiger partial charge in [-0.3, -0.25) is 4.79 Å². The van der Waals surface area contributed by atoms with Crippen LogP contribution in [0.5, 0.6) is 0 Å². The van der Waals surface area contributed by atoms with Crippen molar-refractivity contribution in [1.29, 1.82) is 0 Å². The van der Waals surface area contributed by atoms with E-state index in [0.29, 0.717) is 18.6 Å². The Balaban J connectivity index is 1.76. The number of benzene rings is 2. The van der Waals surface area contributed by atoms with Crippen LogP contribution in [0.25, 0.3) is 0 Å². The fraction of sp³-hybridized carbons (Fsp3) is 0.516. The average Bonchev–Trinajstić information content (AvgIpc) is 2.88. The van der Waals surface area contributed by atoms with E-state index in [9.17, 15) is 15.0 Å². The molecule has 2 unspecified atom stereocenters. The van der Waals surface area contributed by atoms with Crippen LogP contribution in [0.15, 0.2) is 72.8 Å². The van der Waals surface area contributed by atoms with Gasteiger partial charge in [0, 0.05) is 24.9 Å². The van der Waals surface area contributed by atoms with Crippen LogP contribution >= 0.6 is 0 Å². The highest BCUT2D eigenvalue weighted by Crippen LogP contribution is 2.36. The van der Waals surface area contributed by atoms with Gasteiger partial charge in [-0.25, -0.2) is 0 Å². The van der Waals surface area contributed by atoms with E-state index in [1.807, 2.05) is 24.3 Å². The molecular formula is C31H44O3. The minimum Gasteiger partial charge on any atom is -0.396 e. The molecule has 34 heavy (non-hydrogen) atoms. The summed E-state index contributed by atoms with van der Waals surface area (Å²) in [5, 5.41) is 19.0. The molecule has 0 bridgehead atoms. The van der Waals surface area contributed by atoms with Gasteiger partial charge >= 0.3 is 0 Å². The summed E-state index contributed by atoms with van der Waals surface area (Å²) in [6.07, 6.45) is 8.68. The molecule has 0 aromatic heterocycles.